The highest BCUT2D eigenvalue weighted by Gasteiger charge is 2.13. The SMILES string of the molecule is CC/C=C(/Cl)C(C)(C)C. The average molecular weight is 147 g/mol. The molecule has 0 saturated heterocycles. The summed E-state index contributed by atoms with van der Waals surface area (Å²) in [6.45, 7) is 8.43. The second kappa shape index (κ2) is 3.26. The smallest absolute Gasteiger partial charge is 0.0194 e. The first-order valence-electron chi connectivity index (χ1n) is 3.34. The molecule has 0 aliphatic rings. The molecule has 0 radical (unpaired) electrons. The number of hydrogen-bond donors (Lipinski definition) is 0. The Balaban J connectivity index is 4.03. The molecule has 0 fully saturated rings. The molecule has 0 rings (SSSR count). The molecule has 0 aliphatic heterocycles. The molecule has 0 nitrogen and oxygen atoms in total. The molecule has 0 aromatic heterocycles. The Morgan fingerprint density at radius 1 is 1.44 bits per heavy atom. The minimum atomic E-state index is 0.136. The summed E-state index contributed by atoms with van der Waals surface area (Å²) in [6.07, 6.45) is 3.08. The minimum absolute atomic E-state index is 0.136. The first kappa shape index (κ1) is 9.03. The summed E-state index contributed by atoms with van der Waals surface area (Å²) in [4.78, 5) is 0. The van der Waals surface area contributed by atoms with Crippen LogP contribution in [0.25, 0.3) is 0 Å². The number of allylic oxidation sites excluding steroid dienone is 2. The fraction of sp³-hybridized carbons (Fsp3) is 0.750. The van der Waals surface area contributed by atoms with Crippen molar-refractivity contribution >= 4 is 11.6 Å². The van der Waals surface area contributed by atoms with Crippen molar-refractivity contribution in [1.29, 1.82) is 0 Å². The lowest BCUT2D eigenvalue weighted by Crippen LogP contribution is -2.03. The maximum absolute atomic E-state index is 5.92. The van der Waals surface area contributed by atoms with Crippen LogP contribution in [0.1, 0.15) is 34.1 Å². The first-order valence-corrected chi connectivity index (χ1v) is 3.72. The van der Waals surface area contributed by atoms with E-state index in [2.05, 4.69) is 33.8 Å². The van der Waals surface area contributed by atoms with E-state index < -0.39 is 0 Å². The highest BCUT2D eigenvalue weighted by Crippen LogP contribution is 2.28. The maximum atomic E-state index is 5.92. The Kier molecular flexibility index (Phi) is 3.27. The Hall–Kier alpha value is 0.0300. The average Bonchev–Trinajstić information content (AvgIpc) is 1.64. The van der Waals surface area contributed by atoms with Gasteiger partial charge in [-0.15, -0.1) is 0 Å². The quantitative estimate of drug-likeness (QED) is 0.531. The van der Waals surface area contributed by atoms with E-state index in [0.29, 0.717) is 0 Å². The largest absolute Gasteiger partial charge is 0.0889 e. The van der Waals surface area contributed by atoms with Crippen LogP contribution in [-0.2, 0) is 0 Å². The summed E-state index contributed by atoms with van der Waals surface area (Å²) >= 11 is 5.92. The van der Waals surface area contributed by atoms with Crippen molar-refractivity contribution in [3.05, 3.63) is 11.1 Å². The van der Waals surface area contributed by atoms with Gasteiger partial charge in [-0.25, -0.2) is 0 Å². The van der Waals surface area contributed by atoms with Crippen LogP contribution in [0, 0.1) is 5.41 Å². The fourth-order valence-electron chi connectivity index (χ4n) is 0.485. The zero-order valence-corrected chi connectivity index (χ0v) is 7.42. The van der Waals surface area contributed by atoms with Crippen molar-refractivity contribution in [3.63, 3.8) is 0 Å². The molecule has 0 aliphatic carbocycles. The van der Waals surface area contributed by atoms with Crippen LogP contribution in [0.4, 0.5) is 0 Å². The van der Waals surface area contributed by atoms with Crippen molar-refractivity contribution in [1.82, 2.24) is 0 Å². The predicted molar refractivity (Wildman–Crippen MR) is 43.7 cm³/mol. The van der Waals surface area contributed by atoms with E-state index in [4.69, 9.17) is 11.6 Å². The molecule has 0 aromatic rings. The molecule has 0 spiro atoms. The second-order valence-electron chi connectivity index (χ2n) is 3.21. The van der Waals surface area contributed by atoms with Crippen LogP contribution < -0.4 is 0 Å². The summed E-state index contributed by atoms with van der Waals surface area (Å²) < 4.78 is 0. The Morgan fingerprint density at radius 2 is 1.89 bits per heavy atom. The summed E-state index contributed by atoms with van der Waals surface area (Å²) in [5.74, 6) is 0. The molecular weight excluding hydrogens is 132 g/mol. The monoisotopic (exact) mass is 146 g/mol. The maximum Gasteiger partial charge on any atom is 0.0194 e. The third kappa shape index (κ3) is 3.58. The number of halogens is 1. The topological polar surface area (TPSA) is 0 Å². The van der Waals surface area contributed by atoms with Gasteiger partial charge in [0.1, 0.15) is 0 Å². The van der Waals surface area contributed by atoms with Gasteiger partial charge >= 0.3 is 0 Å². The van der Waals surface area contributed by atoms with Gasteiger partial charge in [0.05, 0.1) is 0 Å². The summed E-state index contributed by atoms with van der Waals surface area (Å²) in [5, 5.41) is 0.963. The molecule has 9 heavy (non-hydrogen) atoms. The molecule has 0 unspecified atom stereocenters. The Bertz CT molecular complexity index is 106. The van der Waals surface area contributed by atoms with E-state index >= 15 is 0 Å². The summed E-state index contributed by atoms with van der Waals surface area (Å²) in [5.41, 5.74) is 0.136. The van der Waals surface area contributed by atoms with E-state index in [1.807, 2.05) is 0 Å². The third-order valence-corrected chi connectivity index (χ3v) is 1.82. The van der Waals surface area contributed by atoms with Crippen molar-refractivity contribution in [2.75, 3.05) is 0 Å². The van der Waals surface area contributed by atoms with Crippen LogP contribution in [0.5, 0.6) is 0 Å². The van der Waals surface area contributed by atoms with Crippen molar-refractivity contribution < 1.29 is 0 Å². The summed E-state index contributed by atoms with van der Waals surface area (Å²) in [7, 11) is 0. The standard InChI is InChI=1S/C8H15Cl/c1-5-6-7(9)8(2,3)4/h6H,5H2,1-4H3/b7-6+. The predicted octanol–water partition coefficient (Wildman–Crippen LogP) is 3.57. The third-order valence-electron chi connectivity index (χ3n) is 1.10. The van der Waals surface area contributed by atoms with Gasteiger partial charge in [-0.2, -0.15) is 0 Å². The zero-order chi connectivity index (χ0) is 7.49. The van der Waals surface area contributed by atoms with Crippen LogP contribution >= 0.6 is 11.6 Å². The number of rotatable bonds is 1. The molecule has 0 N–H and O–H groups in total. The minimum Gasteiger partial charge on any atom is -0.0889 e. The number of hydrogen-bond acceptors (Lipinski definition) is 0. The van der Waals surface area contributed by atoms with E-state index in [9.17, 15) is 0 Å². The van der Waals surface area contributed by atoms with Gasteiger partial charge in [0, 0.05) is 5.03 Å². The van der Waals surface area contributed by atoms with Gasteiger partial charge in [-0.3, -0.25) is 0 Å². The van der Waals surface area contributed by atoms with Gasteiger partial charge < -0.3 is 0 Å². The molecule has 0 aromatic carbocycles. The molecule has 0 heterocycles. The molecule has 0 bridgehead atoms. The van der Waals surface area contributed by atoms with Crippen LogP contribution in [0.3, 0.4) is 0 Å². The lowest BCUT2D eigenvalue weighted by molar-refractivity contribution is 0.529. The lowest BCUT2D eigenvalue weighted by Gasteiger charge is -2.16. The molecule has 0 amide bonds. The summed E-state index contributed by atoms with van der Waals surface area (Å²) in [6, 6.07) is 0. The van der Waals surface area contributed by atoms with Gasteiger partial charge in [0.2, 0.25) is 0 Å². The molecular formula is C8H15Cl. The molecule has 54 valence electrons. The first-order chi connectivity index (χ1) is 3.98. The van der Waals surface area contributed by atoms with Crippen LogP contribution in [0.15, 0.2) is 11.1 Å². The van der Waals surface area contributed by atoms with Crippen LogP contribution in [-0.4, -0.2) is 0 Å². The lowest BCUT2D eigenvalue weighted by atomic mass is 9.95. The van der Waals surface area contributed by atoms with Crippen LogP contribution in [0.2, 0.25) is 0 Å². The Labute approximate surface area is 62.9 Å². The van der Waals surface area contributed by atoms with Gasteiger partial charge in [0.25, 0.3) is 0 Å². The zero-order valence-electron chi connectivity index (χ0n) is 6.66. The normalized spacial score (nSPS) is 14.1. The highest BCUT2D eigenvalue weighted by atomic mass is 35.5. The van der Waals surface area contributed by atoms with Crippen molar-refractivity contribution in [3.8, 4) is 0 Å². The van der Waals surface area contributed by atoms with Crippen molar-refractivity contribution in [2.24, 2.45) is 5.41 Å². The van der Waals surface area contributed by atoms with Crippen molar-refractivity contribution in [2.45, 2.75) is 34.1 Å². The highest BCUT2D eigenvalue weighted by molar-refractivity contribution is 6.30. The molecule has 1 heteroatoms. The molecule has 0 saturated carbocycles. The van der Waals surface area contributed by atoms with E-state index in [0.717, 1.165) is 11.5 Å². The van der Waals surface area contributed by atoms with E-state index in [1.165, 1.54) is 0 Å². The molecule has 0 atom stereocenters. The van der Waals surface area contributed by atoms with E-state index in [-0.39, 0.29) is 5.41 Å². The fourth-order valence-corrected chi connectivity index (χ4v) is 0.640. The van der Waals surface area contributed by atoms with Gasteiger partial charge in [-0.05, 0) is 11.8 Å². The Morgan fingerprint density at radius 3 is 2.00 bits per heavy atom. The second-order valence-corrected chi connectivity index (χ2v) is 3.62. The van der Waals surface area contributed by atoms with Gasteiger partial charge in [0.15, 0.2) is 0 Å². The van der Waals surface area contributed by atoms with E-state index in [1.54, 1.807) is 0 Å². The van der Waals surface area contributed by atoms with Gasteiger partial charge in [-0.1, -0.05) is 45.4 Å².